The molecule has 6 heteroatoms. The highest BCUT2D eigenvalue weighted by Crippen LogP contribution is 2.44. The zero-order chi connectivity index (χ0) is 14.1. The molecule has 106 valence electrons. The molecular weight excluding hydrogens is 276 g/mol. The minimum absolute atomic E-state index is 0.0941. The van der Waals surface area contributed by atoms with Gasteiger partial charge in [0.1, 0.15) is 16.8 Å². The van der Waals surface area contributed by atoms with Gasteiger partial charge in [-0.1, -0.05) is 0 Å². The minimum Gasteiger partial charge on any atom is -0.477 e. The van der Waals surface area contributed by atoms with Crippen molar-refractivity contribution in [3.63, 3.8) is 0 Å². The van der Waals surface area contributed by atoms with Crippen molar-refractivity contribution in [2.24, 2.45) is 5.92 Å². The van der Waals surface area contributed by atoms with Crippen molar-refractivity contribution in [1.82, 2.24) is 9.97 Å². The number of carboxylic acids is 1. The van der Waals surface area contributed by atoms with Crippen LogP contribution < -0.4 is 0 Å². The van der Waals surface area contributed by atoms with E-state index in [1.54, 1.807) is 23.6 Å². The van der Waals surface area contributed by atoms with Crippen LogP contribution in [-0.2, 0) is 4.74 Å². The molecule has 1 aliphatic carbocycles. The molecule has 2 aromatic heterocycles. The van der Waals surface area contributed by atoms with E-state index in [1.165, 1.54) is 12.8 Å². The molecule has 0 radical (unpaired) electrons. The van der Waals surface area contributed by atoms with Gasteiger partial charge < -0.3 is 14.8 Å². The van der Waals surface area contributed by atoms with E-state index in [4.69, 9.17) is 9.84 Å². The summed E-state index contributed by atoms with van der Waals surface area (Å²) < 4.78 is 5.79. The molecule has 2 heterocycles. The quantitative estimate of drug-likeness (QED) is 0.856. The largest absolute Gasteiger partial charge is 0.477 e. The average molecular weight is 292 g/mol. The lowest BCUT2D eigenvalue weighted by molar-refractivity contribution is 0.0462. The molecule has 3 rings (SSSR count). The Morgan fingerprint density at radius 1 is 1.65 bits per heavy atom. The van der Waals surface area contributed by atoms with Gasteiger partial charge >= 0.3 is 5.97 Å². The lowest BCUT2D eigenvalue weighted by Crippen LogP contribution is -2.06. The molecule has 1 saturated carbocycles. The number of H-pyrrole nitrogens is 1. The van der Waals surface area contributed by atoms with Crippen molar-refractivity contribution in [1.29, 1.82) is 0 Å². The number of carboxylic acid groups (broad SMARTS) is 1. The van der Waals surface area contributed by atoms with Gasteiger partial charge in [0.25, 0.3) is 0 Å². The molecule has 1 unspecified atom stereocenters. The number of hydrogen-bond acceptors (Lipinski definition) is 4. The zero-order valence-corrected chi connectivity index (χ0v) is 11.9. The van der Waals surface area contributed by atoms with Gasteiger partial charge in [0.05, 0.1) is 5.69 Å². The van der Waals surface area contributed by atoms with Crippen LogP contribution in [0.25, 0.3) is 11.3 Å². The normalized spacial score (nSPS) is 16.2. The van der Waals surface area contributed by atoms with Crippen molar-refractivity contribution in [3.8, 4) is 11.3 Å². The van der Waals surface area contributed by atoms with Crippen molar-refractivity contribution < 1.29 is 14.6 Å². The second-order valence-corrected chi connectivity index (χ2v) is 5.78. The molecule has 2 N–H and O–H groups in total. The summed E-state index contributed by atoms with van der Waals surface area (Å²) in [5.41, 5.74) is 1.79. The topological polar surface area (TPSA) is 75.2 Å². The van der Waals surface area contributed by atoms with Crippen LogP contribution in [0, 0.1) is 5.92 Å². The van der Waals surface area contributed by atoms with Gasteiger partial charge in [0.15, 0.2) is 0 Å². The summed E-state index contributed by atoms with van der Waals surface area (Å²) in [4.78, 5) is 18.2. The third-order valence-corrected chi connectivity index (χ3v) is 4.28. The first-order valence-corrected chi connectivity index (χ1v) is 7.56. The molecule has 0 aromatic carbocycles. The van der Waals surface area contributed by atoms with Crippen LogP contribution in [-0.4, -0.2) is 27.7 Å². The van der Waals surface area contributed by atoms with Crippen molar-refractivity contribution in [2.45, 2.75) is 25.9 Å². The van der Waals surface area contributed by atoms with Gasteiger partial charge in [-0.25, -0.2) is 9.78 Å². The maximum absolute atomic E-state index is 10.9. The highest BCUT2D eigenvalue weighted by molar-refractivity contribution is 7.10. The standard InChI is InChI=1S/C14H16N2O3S/c1-2-19-12(8-3-4-8)13-16-11(7-20-13)9-5-10(14(17)18)15-6-9/h5-8,12,15H,2-4H2,1H3,(H,17,18). The molecule has 0 spiro atoms. The fourth-order valence-electron chi connectivity index (χ4n) is 2.20. The summed E-state index contributed by atoms with van der Waals surface area (Å²) in [6.07, 6.45) is 4.17. The number of carbonyl (C=O) groups is 1. The number of thiazole rings is 1. The van der Waals surface area contributed by atoms with E-state index in [0.29, 0.717) is 12.5 Å². The van der Waals surface area contributed by atoms with Crippen LogP contribution in [0.4, 0.5) is 0 Å². The molecule has 2 aromatic rings. The second kappa shape index (κ2) is 5.38. The number of hydrogen-bond donors (Lipinski definition) is 2. The summed E-state index contributed by atoms with van der Waals surface area (Å²) in [6, 6.07) is 1.61. The Bertz CT molecular complexity index is 615. The fraction of sp³-hybridized carbons (Fsp3) is 0.429. The van der Waals surface area contributed by atoms with E-state index in [9.17, 15) is 4.79 Å². The average Bonchev–Trinajstić information content (AvgIpc) is 2.94. The number of nitrogens with one attached hydrogen (secondary N) is 1. The Hall–Kier alpha value is -1.66. The lowest BCUT2D eigenvalue weighted by Gasteiger charge is -2.12. The third kappa shape index (κ3) is 2.62. The predicted octanol–water partition coefficient (Wildman–Crippen LogP) is 3.32. The van der Waals surface area contributed by atoms with Gasteiger partial charge in [-0.05, 0) is 31.7 Å². The maximum atomic E-state index is 10.9. The smallest absolute Gasteiger partial charge is 0.352 e. The Kier molecular flexibility index (Phi) is 3.58. The first-order chi connectivity index (χ1) is 9.69. The van der Waals surface area contributed by atoms with Crippen molar-refractivity contribution in [2.75, 3.05) is 6.61 Å². The fourth-order valence-corrected chi connectivity index (χ4v) is 3.17. The van der Waals surface area contributed by atoms with Crippen LogP contribution in [0.3, 0.4) is 0 Å². The number of aromatic amines is 1. The number of aromatic carboxylic acids is 1. The van der Waals surface area contributed by atoms with E-state index in [0.717, 1.165) is 16.3 Å². The Morgan fingerprint density at radius 2 is 2.45 bits per heavy atom. The van der Waals surface area contributed by atoms with Crippen molar-refractivity contribution >= 4 is 17.3 Å². The van der Waals surface area contributed by atoms with E-state index in [2.05, 4.69) is 9.97 Å². The monoisotopic (exact) mass is 292 g/mol. The predicted molar refractivity (Wildman–Crippen MR) is 76.0 cm³/mol. The molecule has 5 nitrogen and oxygen atoms in total. The Morgan fingerprint density at radius 3 is 3.05 bits per heavy atom. The first kappa shape index (κ1) is 13.3. The van der Waals surface area contributed by atoms with Crippen LogP contribution in [0.1, 0.15) is 41.4 Å². The van der Waals surface area contributed by atoms with E-state index < -0.39 is 5.97 Å². The Balaban J connectivity index is 1.83. The van der Waals surface area contributed by atoms with Gasteiger partial charge in [0.2, 0.25) is 0 Å². The number of ether oxygens (including phenoxy) is 1. The highest BCUT2D eigenvalue weighted by atomic mass is 32.1. The molecule has 20 heavy (non-hydrogen) atoms. The SMILES string of the molecule is CCOC(c1nc(-c2c[nH]c(C(=O)O)c2)cs1)C1CC1. The molecular formula is C14H16N2O3S. The molecule has 1 aliphatic rings. The molecule has 0 aliphatic heterocycles. The first-order valence-electron chi connectivity index (χ1n) is 6.68. The van der Waals surface area contributed by atoms with Crippen LogP contribution >= 0.6 is 11.3 Å². The second-order valence-electron chi connectivity index (χ2n) is 4.89. The van der Waals surface area contributed by atoms with Gasteiger partial charge in [-0.3, -0.25) is 0 Å². The Labute approximate surface area is 120 Å². The zero-order valence-electron chi connectivity index (χ0n) is 11.1. The van der Waals surface area contributed by atoms with Crippen LogP contribution in [0.5, 0.6) is 0 Å². The summed E-state index contributed by atoms with van der Waals surface area (Å²) >= 11 is 1.58. The third-order valence-electron chi connectivity index (χ3n) is 3.37. The molecule has 0 bridgehead atoms. The maximum Gasteiger partial charge on any atom is 0.352 e. The summed E-state index contributed by atoms with van der Waals surface area (Å²) in [5.74, 6) is -0.369. The van der Waals surface area contributed by atoms with Crippen LogP contribution in [0.2, 0.25) is 0 Å². The van der Waals surface area contributed by atoms with Gasteiger partial charge in [0, 0.05) is 23.7 Å². The molecule has 0 saturated heterocycles. The summed E-state index contributed by atoms with van der Waals surface area (Å²) in [6.45, 7) is 2.68. The van der Waals surface area contributed by atoms with Gasteiger partial charge in [-0.2, -0.15) is 0 Å². The number of nitrogens with zero attached hydrogens (tertiary/aromatic N) is 1. The van der Waals surface area contributed by atoms with E-state index in [1.807, 2.05) is 12.3 Å². The highest BCUT2D eigenvalue weighted by Gasteiger charge is 2.34. The van der Waals surface area contributed by atoms with Crippen molar-refractivity contribution in [3.05, 3.63) is 28.3 Å². The molecule has 1 atom stereocenters. The number of rotatable bonds is 6. The summed E-state index contributed by atoms with van der Waals surface area (Å²) in [5, 5.41) is 11.9. The lowest BCUT2D eigenvalue weighted by atomic mass is 10.2. The number of aromatic nitrogens is 2. The minimum atomic E-state index is -0.961. The molecule has 1 fully saturated rings. The summed E-state index contributed by atoms with van der Waals surface area (Å²) in [7, 11) is 0. The van der Waals surface area contributed by atoms with Gasteiger partial charge in [-0.15, -0.1) is 11.3 Å². The van der Waals surface area contributed by atoms with Crippen LogP contribution in [0.15, 0.2) is 17.6 Å². The van der Waals surface area contributed by atoms with E-state index >= 15 is 0 Å². The van der Waals surface area contributed by atoms with E-state index in [-0.39, 0.29) is 11.8 Å². The molecule has 0 amide bonds.